The first-order valence-electron chi connectivity index (χ1n) is 6.32. The molecule has 6 heteroatoms. The maximum atomic E-state index is 13.4. The lowest BCUT2D eigenvalue weighted by Gasteiger charge is -2.09. The van der Waals surface area contributed by atoms with Gasteiger partial charge in [0.25, 0.3) is 5.69 Å². The molecule has 0 bridgehead atoms. The van der Waals surface area contributed by atoms with Crippen molar-refractivity contribution in [2.45, 2.75) is 13.5 Å². The van der Waals surface area contributed by atoms with Gasteiger partial charge in [0.15, 0.2) is 0 Å². The third kappa shape index (κ3) is 3.68. The van der Waals surface area contributed by atoms with Crippen LogP contribution in [0.1, 0.15) is 11.1 Å². The first kappa shape index (κ1) is 14.8. The van der Waals surface area contributed by atoms with Gasteiger partial charge in [0, 0.05) is 18.3 Å². The lowest BCUT2D eigenvalue weighted by Crippen LogP contribution is -2.01. The number of nitro groups is 1. The molecule has 0 aromatic heterocycles. The number of hydrogen-bond donors (Lipinski definition) is 1. The molecule has 0 amide bonds. The highest BCUT2D eigenvalue weighted by molar-refractivity contribution is 5.48. The Kier molecular flexibility index (Phi) is 4.37. The highest BCUT2D eigenvalue weighted by Crippen LogP contribution is 2.23. The van der Waals surface area contributed by atoms with Gasteiger partial charge in [-0.2, -0.15) is 0 Å². The van der Waals surface area contributed by atoms with E-state index in [1.807, 2.05) is 0 Å². The molecule has 2 rings (SSSR count). The molecule has 21 heavy (non-hydrogen) atoms. The van der Waals surface area contributed by atoms with E-state index in [1.54, 1.807) is 25.1 Å². The van der Waals surface area contributed by atoms with Crippen molar-refractivity contribution in [1.82, 2.24) is 0 Å². The van der Waals surface area contributed by atoms with Crippen LogP contribution in [0.5, 0.6) is 5.75 Å². The van der Waals surface area contributed by atoms with Crippen molar-refractivity contribution in [3.8, 4) is 5.75 Å². The Morgan fingerprint density at radius 1 is 1.29 bits per heavy atom. The summed E-state index contributed by atoms with van der Waals surface area (Å²) in [6, 6.07) is 9.34. The zero-order valence-electron chi connectivity index (χ0n) is 11.7. The van der Waals surface area contributed by atoms with E-state index in [-0.39, 0.29) is 11.5 Å². The van der Waals surface area contributed by atoms with Gasteiger partial charge in [0.2, 0.25) is 0 Å². The van der Waals surface area contributed by atoms with Crippen molar-refractivity contribution < 1.29 is 14.1 Å². The molecule has 0 aliphatic carbocycles. The molecule has 0 radical (unpaired) electrons. The average Bonchev–Trinajstić information content (AvgIpc) is 2.48. The lowest BCUT2D eigenvalue weighted by molar-refractivity contribution is -0.385. The number of methoxy groups -OCH3 is 1. The van der Waals surface area contributed by atoms with E-state index < -0.39 is 4.92 Å². The Labute approximate surface area is 121 Å². The Balaban J connectivity index is 2.17. The van der Waals surface area contributed by atoms with Gasteiger partial charge in [-0.1, -0.05) is 6.07 Å². The Hall–Kier alpha value is -2.63. The Morgan fingerprint density at radius 2 is 2.05 bits per heavy atom. The molecule has 110 valence electrons. The maximum absolute atomic E-state index is 13.4. The fourth-order valence-corrected chi connectivity index (χ4v) is 1.88. The highest BCUT2D eigenvalue weighted by Gasteiger charge is 2.10. The van der Waals surface area contributed by atoms with Crippen molar-refractivity contribution in [3.63, 3.8) is 0 Å². The molecule has 5 nitrogen and oxygen atoms in total. The van der Waals surface area contributed by atoms with Gasteiger partial charge in [-0.25, -0.2) is 4.39 Å². The van der Waals surface area contributed by atoms with E-state index in [9.17, 15) is 14.5 Å². The van der Waals surface area contributed by atoms with E-state index in [1.165, 1.54) is 25.3 Å². The second-order valence-corrected chi connectivity index (χ2v) is 4.61. The summed E-state index contributed by atoms with van der Waals surface area (Å²) in [6.45, 7) is 2.02. The first-order chi connectivity index (χ1) is 9.99. The maximum Gasteiger partial charge on any atom is 0.273 e. The molecular formula is C15H15FN2O3. The van der Waals surface area contributed by atoms with Crippen LogP contribution in [0.3, 0.4) is 0 Å². The van der Waals surface area contributed by atoms with Crippen molar-refractivity contribution in [2.75, 3.05) is 12.4 Å². The third-order valence-corrected chi connectivity index (χ3v) is 3.07. The van der Waals surface area contributed by atoms with E-state index in [2.05, 4.69) is 5.32 Å². The van der Waals surface area contributed by atoms with E-state index in [4.69, 9.17) is 4.74 Å². The summed E-state index contributed by atoms with van der Waals surface area (Å²) in [7, 11) is 1.45. The second-order valence-electron chi connectivity index (χ2n) is 4.61. The third-order valence-electron chi connectivity index (χ3n) is 3.07. The largest absolute Gasteiger partial charge is 0.496 e. The van der Waals surface area contributed by atoms with Crippen LogP contribution in [-0.2, 0) is 6.54 Å². The number of hydrogen-bond acceptors (Lipinski definition) is 4. The fraction of sp³-hybridized carbons (Fsp3) is 0.200. The fourth-order valence-electron chi connectivity index (χ4n) is 1.88. The summed E-state index contributed by atoms with van der Waals surface area (Å²) >= 11 is 0. The van der Waals surface area contributed by atoms with Gasteiger partial charge in [0.05, 0.1) is 18.1 Å². The van der Waals surface area contributed by atoms with Gasteiger partial charge >= 0.3 is 0 Å². The topological polar surface area (TPSA) is 64.4 Å². The molecule has 0 heterocycles. The number of nitro benzene ring substituents is 1. The van der Waals surface area contributed by atoms with E-state index in [0.29, 0.717) is 29.1 Å². The van der Waals surface area contributed by atoms with E-state index in [0.717, 1.165) is 0 Å². The number of rotatable bonds is 5. The molecule has 0 atom stereocenters. The van der Waals surface area contributed by atoms with Crippen LogP contribution < -0.4 is 10.1 Å². The minimum Gasteiger partial charge on any atom is -0.496 e. The molecule has 0 spiro atoms. The SMILES string of the molecule is COc1cc(CNc2ccc(C)c(F)c2)cc([N+](=O)[O-])c1. The van der Waals surface area contributed by atoms with Crippen LogP contribution >= 0.6 is 0 Å². The molecular weight excluding hydrogens is 275 g/mol. The highest BCUT2D eigenvalue weighted by atomic mass is 19.1. The normalized spacial score (nSPS) is 10.2. The summed E-state index contributed by atoms with van der Waals surface area (Å²) in [4.78, 5) is 10.4. The number of halogens is 1. The zero-order chi connectivity index (χ0) is 15.4. The van der Waals surface area contributed by atoms with Gasteiger partial charge in [-0.05, 0) is 36.2 Å². The molecule has 1 N–H and O–H groups in total. The molecule has 0 fully saturated rings. The summed E-state index contributed by atoms with van der Waals surface area (Å²) in [5.41, 5.74) is 1.82. The molecule has 0 aliphatic heterocycles. The molecule has 2 aromatic carbocycles. The minimum atomic E-state index is -0.475. The van der Waals surface area contributed by atoms with Crippen LogP contribution in [-0.4, -0.2) is 12.0 Å². The first-order valence-corrected chi connectivity index (χ1v) is 6.32. The zero-order valence-corrected chi connectivity index (χ0v) is 11.7. The van der Waals surface area contributed by atoms with Crippen LogP contribution in [0.4, 0.5) is 15.8 Å². The summed E-state index contributed by atoms with van der Waals surface area (Å²) in [6.07, 6.45) is 0. The summed E-state index contributed by atoms with van der Waals surface area (Å²) in [5, 5.41) is 13.9. The number of ether oxygens (including phenoxy) is 1. The van der Waals surface area contributed by atoms with Gasteiger partial charge in [-0.15, -0.1) is 0 Å². The van der Waals surface area contributed by atoms with Crippen molar-refractivity contribution >= 4 is 11.4 Å². The number of anilines is 1. The van der Waals surface area contributed by atoms with Crippen LogP contribution in [0.2, 0.25) is 0 Å². The molecule has 0 saturated heterocycles. The molecule has 0 unspecified atom stereocenters. The predicted octanol–water partition coefficient (Wildman–Crippen LogP) is 3.66. The number of benzene rings is 2. The lowest BCUT2D eigenvalue weighted by atomic mass is 10.1. The van der Waals surface area contributed by atoms with Crippen molar-refractivity contribution in [2.24, 2.45) is 0 Å². The average molecular weight is 290 g/mol. The van der Waals surface area contributed by atoms with Gasteiger partial charge < -0.3 is 10.1 Å². The number of nitrogens with one attached hydrogen (secondary N) is 1. The van der Waals surface area contributed by atoms with Crippen LogP contribution in [0.15, 0.2) is 36.4 Å². The quantitative estimate of drug-likeness (QED) is 0.674. The minimum absolute atomic E-state index is 0.0405. The molecule has 2 aromatic rings. The van der Waals surface area contributed by atoms with Crippen LogP contribution in [0.25, 0.3) is 0 Å². The smallest absolute Gasteiger partial charge is 0.273 e. The second kappa shape index (κ2) is 6.21. The van der Waals surface area contributed by atoms with Gasteiger partial charge in [-0.3, -0.25) is 10.1 Å². The monoisotopic (exact) mass is 290 g/mol. The van der Waals surface area contributed by atoms with Crippen molar-refractivity contribution in [3.05, 3.63) is 63.5 Å². The van der Waals surface area contributed by atoms with E-state index >= 15 is 0 Å². The number of aryl methyl sites for hydroxylation is 1. The summed E-state index contributed by atoms with van der Waals surface area (Å²) in [5.74, 6) is 0.118. The number of non-ortho nitro benzene ring substituents is 1. The Morgan fingerprint density at radius 3 is 2.67 bits per heavy atom. The van der Waals surface area contributed by atoms with Crippen molar-refractivity contribution in [1.29, 1.82) is 0 Å². The summed E-state index contributed by atoms with van der Waals surface area (Å²) < 4.78 is 18.5. The Bertz CT molecular complexity index is 674. The number of nitrogens with zero attached hydrogens (tertiary/aromatic N) is 1. The predicted molar refractivity (Wildman–Crippen MR) is 78.1 cm³/mol. The standard InChI is InChI=1S/C15H15FN2O3/c1-10-3-4-12(7-15(10)16)17-9-11-5-13(18(19)20)8-14(6-11)21-2/h3-8,17H,9H2,1-2H3. The van der Waals surface area contributed by atoms with Crippen LogP contribution in [0, 0.1) is 22.9 Å². The molecule has 0 aliphatic rings. The molecule has 0 saturated carbocycles. The van der Waals surface area contributed by atoms with Gasteiger partial charge in [0.1, 0.15) is 11.6 Å².